The van der Waals surface area contributed by atoms with Crippen LogP contribution in [0.5, 0.6) is 0 Å². The van der Waals surface area contributed by atoms with Gasteiger partial charge in [0.25, 0.3) is 0 Å². The Hall–Kier alpha value is -1.36. The topological polar surface area (TPSA) is 63.8 Å². The molecule has 3 rings (SSSR count). The Labute approximate surface area is 111 Å². The molecular formula is C13H18N4S. The summed E-state index contributed by atoms with van der Waals surface area (Å²) in [6, 6.07) is 2.18. The molecule has 1 saturated carbocycles. The zero-order valence-electron chi connectivity index (χ0n) is 10.6. The van der Waals surface area contributed by atoms with Gasteiger partial charge in [-0.3, -0.25) is 0 Å². The van der Waals surface area contributed by atoms with Crippen LogP contribution in [-0.2, 0) is 6.42 Å². The van der Waals surface area contributed by atoms with E-state index in [4.69, 9.17) is 5.73 Å². The lowest BCUT2D eigenvalue weighted by Gasteiger charge is -2.25. The number of anilines is 2. The van der Waals surface area contributed by atoms with Gasteiger partial charge in [-0.25, -0.2) is 4.98 Å². The molecule has 4 nitrogen and oxygen atoms in total. The summed E-state index contributed by atoms with van der Waals surface area (Å²) in [4.78, 5) is 11.0. The Balaban J connectivity index is 1.90. The molecule has 0 unspecified atom stereocenters. The van der Waals surface area contributed by atoms with Crippen molar-refractivity contribution in [2.45, 2.75) is 32.6 Å². The van der Waals surface area contributed by atoms with Gasteiger partial charge in [-0.05, 0) is 31.2 Å². The van der Waals surface area contributed by atoms with Gasteiger partial charge < -0.3 is 11.1 Å². The molecule has 1 aliphatic carbocycles. The first kappa shape index (κ1) is 11.7. The van der Waals surface area contributed by atoms with Gasteiger partial charge >= 0.3 is 0 Å². The standard InChI is InChI=1S/C13H18N4S/c1-2-9-6-10-11(15-7-8-4-3-5-8)16-13(14)17-12(10)18-9/h6,8H,2-5,7H2,1H3,(H3,14,15,16,17). The molecule has 0 aliphatic heterocycles. The average molecular weight is 262 g/mol. The summed E-state index contributed by atoms with van der Waals surface area (Å²) >= 11 is 1.71. The van der Waals surface area contributed by atoms with E-state index < -0.39 is 0 Å². The van der Waals surface area contributed by atoms with Crippen molar-refractivity contribution < 1.29 is 0 Å². The number of hydrogen-bond donors (Lipinski definition) is 2. The van der Waals surface area contributed by atoms with Crippen molar-refractivity contribution in [3.05, 3.63) is 10.9 Å². The third-order valence-electron chi connectivity index (χ3n) is 3.59. The Morgan fingerprint density at radius 1 is 1.44 bits per heavy atom. The predicted molar refractivity (Wildman–Crippen MR) is 77.0 cm³/mol. The summed E-state index contributed by atoms with van der Waals surface area (Å²) in [7, 11) is 0. The Bertz CT molecular complexity index is 559. The molecule has 2 aromatic rings. The van der Waals surface area contributed by atoms with E-state index >= 15 is 0 Å². The number of nitrogens with one attached hydrogen (secondary N) is 1. The maximum Gasteiger partial charge on any atom is 0.223 e. The minimum absolute atomic E-state index is 0.364. The summed E-state index contributed by atoms with van der Waals surface area (Å²) < 4.78 is 0. The van der Waals surface area contributed by atoms with Crippen molar-refractivity contribution in [1.82, 2.24) is 9.97 Å². The van der Waals surface area contributed by atoms with Gasteiger partial charge in [0.2, 0.25) is 5.95 Å². The van der Waals surface area contributed by atoms with Gasteiger partial charge in [-0.2, -0.15) is 4.98 Å². The maximum atomic E-state index is 5.77. The number of fused-ring (bicyclic) bond motifs is 1. The zero-order valence-corrected chi connectivity index (χ0v) is 11.4. The highest BCUT2D eigenvalue weighted by molar-refractivity contribution is 7.18. The molecule has 0 saturated heterocycles. The number of nitrogens with two attached hydrogens (primary N) is 1. The van der Waals surface area contributed by atoms with Crippen molar-refractivity contribution in [3.8, 4) is 0 Å². The number of hydrogen-bond acceptors (Lipinski definition) is 5. The number of nitrogens with zero attached hydrogens (tertiary/aromatic N) is 2. The van der Waals surface area contributed by atoms with Crippen LogP contribution in [0.25, 0.3) is 10.2 Å². The fourth-order valence-electron chi connectivity index (χ4n) is 2.23. The van der Waals surface area contributed by atoms with Crippen molar-refractivity contribution in [2.24, 2.45) is 5.92 Å². The van der Waals surface area contributed by atoms with Crippen molar-refractivity contribution in [2.75, 3.05) is 17.6 Å². The smallest absolute Gasteiger partial charge is 0.223 e. The third kappa shape index (κ3) is 2.14. The van der Waals surface area contributed by atoms with Gasteiger partial charge in [0.05, 0.1) is 5.39 Å². The fourth-order valence-corrected chi connectivity index (χ4v) is 3.21. The predicted octanol–water partition coefficient (Wildman–Crippen LogP) is 3.05. The van der Waals surface area contributed by atoms with Gasteiger partial charge in [0.15, 0.2) is 0 Å². The number of rotatable bonds is 4. The van der Waals surface area contributed by atoms with E-state index in [1.807, 2.05) is 0 Å². The van der Waals surface area contributed by atoms with Crippen LogP contribution in [0, 0.1) is 5.92 Å². The first-order valence-corrected chi connectivity index (χ1v) is 7.37. The van der Waals surface area contributed by atoms with Crippen LogP contribution in [0.4, 0.5) is 11.8 Å². The summed E-state index contributed by atoms with van der Waals surface area (Å²) in [6.45, 7) is 3.16. The molecule has 2 aromatic heterocycles. The molecule has 2 heterocycles. The fraction of sp³-hybridized carbons (Fsp3) is 0.538. The zero-order chi connectivity index (χ0) is 12.5. The van der Waals surface area contributed by atoms with Crippen LogP contribution in [0.2, 0.25) is 0 Å². The molecule has 1 aliphatic rings. The molecule has 0 spiro atoms. The van der Waals surface area contributed by atoms with Crippen LogP contribution in [0.3, 0.4) is 0 Å². The van der Waals surface area contributed by atoms with Gasteiger partial charge in [-0.15, -0.1) is 11.3 Å². The van der Waals surface area contributed by atoms with Crippen LogP contribution in [-0.4, -0.2) is 16.5 Å². The van der Waals surface area contributed by atoms with Gasteiger partial charge in [0.1, 0.15) is 10.6 Å². The minimum atomic E-state index is 0.364. The second-order valence-electron chi connectivity index (χ2n) is 4.89. The maximum absolute atomic E-state index is 5.77. The molecule has 3 N–H and O–H groups in total. The molecule has 0 amide bonds. The van der Waals surface area contributed by atoms with E-state index in [9.17, 15) is 0 Å². The highest BCUT2D eigenvalue weighted by Crippen LogP contribution is 2.31. The van der Waals surface area contributed by atoms with Crippen LogP contribution in [0.15, 0.2) is 6.07 Å². The lowest BCUT2D eigenvalue weighted by molar-refractivity contribution is 0.333. The summed E-state index contributed by atoms with van der Waals surface area (Å²) in [5.74, 6) is 2.07. The van der Waals surface area contributed by atoms with E-state index in [1.54, 1.807) is 11.3 Å². The SMILES string of the molecule is CCc1cc2c(NCC3CCC3)nc(N)nc2s1. The van der Waals surface area contributed by atoms with E-state index in [1.165, 1.54) is 24.1 Å². The normalized spacial score (nSPS) is 15.8. The Morgan fingerprint density at radius 2 is 2.28 bits per heavy atom. The van der Waals surface area contributed by atoms with Crippen LogP contribution >= 0.6 is 11.3 Å². The quantitative estimate of drug-likeness (QED) is 0.889. The number of aromatic nitrogens is 2. The monoisotopic (exact) mass is 262 g/mol. The highest BCUT2D eigenvalue weighted by Gasteiger charge is 2.18. The number of aryl methyl sites for hydroxylation is 1. The summed E-state index contributed by atoms with van der Waals surface area (Å²) in [6.07, 6.45) is 5.07. The van der Waals surface area contributed by atoms with E-state index in [0.717, 1.165) is 34.9 Å². The second-order valence-corrected chi connectivity index (χ2v) is 6.01. The Kier molecular flexibility index (Phi) is 3.07. The number of nitrogen functional groups attached to an aromatic ring is 1. The van der Waals surface area contributed by atoms with Crippen molar-refractivity contribution in [3.63, 3.8) is 0 Å². The molecule has 0 atom stereocenters. The molecule has 1 fully saturated rings. The van der Waals surface area contributed by atoms with Crippen molar-refractivity contribution in [1.29, 1.82) is 0 Å². The second kappa shape index (κ2) is 4.72. The molecule has 0 bridgehead atoms. The third-order valence-corrected chi connectivity index (χ3v) is 4.77. The molecule has 0 radical (unpaired) electrons. The molecular weight excluding hydrogens is 244 g/mol. The molecule has 96 valence electrons. The van der Waals surface area contributed by atoms with E-state index in [2.05, 4.69) is 28.3 Å². The van der Waals surface area contributed by atoms with Gasteiger partial charge in [-0.1, -0.05) is 13.3 Å². The largest absolute Gasteiger partial charge is 0.369 e. The lowest BCUT2D eigenvalue weighted by atomic mass is 9.85. The highest BCUT2D eigenvalue weighted by atomic mass is 32.1. The Morgan fingerprint density at radius 3 is 2.94 bits per heavy atom. The van der Waals surface area contributed by atoms with Crippen LogP contribution < -0.4 is 11.1 Å². The molecule has 0 aromatic carbocycles. The first-order chi connectivity index (χ1) is 8.76. The van der Waals surface area contributed by atoms with E-state index in [0.29, 0.717) is 5.95 Å². The summed E-state index contributed by atoms with van der Waals surface area (Å²) in [5, 5.41) is 4.56. The lowest BCUT2D eigenvalue weighted by Crippen LogP contribution is -2.21. The van der Waals surface area contributed by atoms with E-state index in [-0.39, 0.29) is 0 Å². The number of thiophene rings is 1. The minimum Gasteiger partial charge on any atom is -0.369 e. The average Bonchev–Trinajstić information content (AvgIpc) is 2.69. The summed E-state index contributed by atoms with van der Waals surface area (Å²) in [5.41, 5.74) is 5.77. The molecule has 5 heteroatoms. The molecule has 18 heavy (non-hydrogen) atoms. The van der Waals surface area contributed by atoms with Crippen LogP contribution in [0.1, 0.15) is 31.1 Å². The van der Waals surface area contributed by atoms with Gasteiger partial charge in [0, 0.05) is 11.4 Å². The first-order valence-electron chi connectivity index (χ1n) is 6.56. The van der Waals surface area contributed by atoms with Crippen molar-refractivity contribution >= 4 is 33.3 Å².